The summed E-state index contributed by atoms with van der Waals surface area (Å²) < 4.78 is 0. The van der Waals surface area contributed by atoms with Gasteiger partial charge in [0.2, 0.25) is 5.91 Å². The summed E-state index contributed by atoms with van der Waals surface area (Å²) in [4.78, 5) is 11.5. The Kier molecular flexibility index (Phi) is 7.30. The normalized spacial score (nSPS) is 17.4. The molecule has 2 heteroatoms. The monoisotopic (exact) mass is 239 g/mol. The summed E-state index contributed by atoms with van der Waals surface area (Å²) >= 11 is 0. The number of amides is 1. The molecule has 0 heterocycles. The fourth-order valence-electron chi connectivity index (χ4n) is 2.60. The van der Waals surface area contributed by atoms with Gasteiger partial charge in [-0.15, -0.1) is 0 Å². The van der Waals surface area contributed by atoms with Crippen LogP contribution in [0.25, 0.3) is 0 Å². The van der Waals surface area contributed by atoms with E-state index in [1.165, 1.54) is 44.9 Å². The molecule has 1 fully saturated rings. The molecule has 0 aromatic carbocycles. The SMILES string of the molecule is CC(C)CNC(=O)CCCCC1CCCCC1. The highest BCUT2D eigenvalue weighted by Gasteiger charge is 2.12. The van der Waals surface area contributed by atoms with Crippen molar-refractivity contribution in [2.24, 2.45) is 11.8 Å². The van der Waals surface area contributed by atoms with Crippen molar-refractivity contribution in [1.82, 2.24) is 5.32 Å². The molecule has 0 aromatic heterocycles. The maximum absolute atomic E-state index is 11.5. The van der Waals surface area contributed by atoms with Crippen LogP contribution < -0.4 is 5.32 Å². The van der Waals surface area contributed by atoms with Crippen molar-refractivity contribution in [3.63, 3.8) is 0 Å². The van der Waals surface area contributed by atoms with E-state index in [4.69, 9.17) is 0 Å². The fraction of sp³-hybridized carbons (Fsp3) is 0.933. The first-order chi connectivity index (χ1) is 8.18. The molecule has 1 amide bonds. The smallest absolute Gasteiger partial charge is 0.220 e. The van der Waals surface area contributed by atoms with Gasteiger partial charge >= 0.3 is 0 Å². The van der Waals surface area contributed by atoms with Crippen molar-refractivity contribution in [2.75, 3.05) is 6.54 Å². The standard InChI is InChI=1S/C15H29NO/c1-13(2)12-16-15(17)11-7-6-10-14-8-4-3-5-9-14/h13-14H,3-12H2,1-2H3,(H,16,17). The van der Waals surface area contributed by atoms with Crippen molar-refractivity contribution < 1.29 is 4.79 Å². The number of carbonyl (C=O) groups excluding carboxylic acids is 1. The van der Waals surface area contributed by atoms with Crippen LogP contribution in [-0.4, -0.2) is 12.5 Å². The van der Waals surface area contributed by atoms with Crippen molar-refractivity contribution in [1.29, 1.82) is 0 Å². The molecule has 0 spiro atoms. The number of nitrogens with one attached hydrogen (secondary N) is 1. The van der Waals surface area contributed by atoms with Crippen molar-refractivity contribution in [3.8, 4) is 0 Å². The van der Waals surface area contributed by atoms with Gasteiger partial charge in [-0.1, -0.05) is 58.8 Å². The summed E-state index contributed by atoms with van der Waals surface area (Å²) in [6, 6.07) is 0. The molecule has 0 unspecified atom stereocenters. The summed E-state index contributed by atoms with van der Waals surface area (Å²) in [5, 5.41) is 2.98. The first-order valence-corrected chi connectivity index (χ1v) is 7.45. The third kappa shape index (κ3) is 7.40. The number of carbonyl (C=O) groups is 1. The molecule has 1 N–H and O–H groups in total. The van der Waals surface area contributed by atoms with Gasteiger partial charge in [0.15, 0.2) is 0 Å². The third-order valence-electron chi connectivity index (χ3n) is 3.70. The van der Waals surface area contributed by atoms with Crippen LogP contribution >= 0.6 is 0 Å². The molecule has 100 valence electrons. The van der Waals surface area contributed by atoms with E-state index in [1.54, 1.807) is 0 Å². The van der Waals surface area contributed by atoms with Crippen LogP contribution in [0.2, 0.25) is 0 Å². The predicted octanol–water partition coefficient (Wildman–Crippen LogP) is 3.90. The van der Waals surface area contributed by atoms with Crippen LogP contribution in [0.15, 0.2) is 0 Å². The molecule has 0 bridgehead atoms. The van der Waals surface area contributed by atoms with Crippen LogP contribution in [0.1, 0.15) is 71.6 Å². The first kappa shape index (κ1) is 14.5. The zero-order chi connectivity index (χ0) is 12.5. The van der Waals surface area contributed by atoms with E-state index >= 15 is 0 Å². The molecule has 1 saturated carbocycles. The van der Waals surface area contributed by atoms with E-state index in [0.717, 1.165) is 25.3 Å². The molecular formula is C15H29NO. The predicted molar refractivity (Wildman–Crippen MR) is 72.9 cm³/mol. The summed E-state index contributed by atoms with van der Waals surface area (Å²) in [6.45, 7) is 5.08. The molecule has 1 aliphatic rings. The Morgan fingerprint density at radius 1 is 1.18 bits per heavy atom. The molecular weight excluding hydrogens is 210 g/mol. The Morgan fingerprint density at radius 2 is 1.88 bits per heavy atom. The van der Waals surface area contributed by atoms with Crippen molar-refractivity contribution in [3.05, 3.63) is 0 Å². The second-order valence-corrected chi connectivity index (χ2v) is 5.95. The van der Waals surface area contributed by atoms with Crippen molar-refractivity contribution >= 4 is 5.91 Å². The number of hydrogen-bond donors (Lipinski definition) is 1. The summed E-state index contributed by atoms with van der Waals surface area (Å²) in [5.74, 6) is 1.76. The molecule has 0 atom stereocenters. The van der Waals surface area contributed by atoms with Gasteiger partial charge in [-0.3, -0.25) is 4.79 Å². The van der Waals surface area contributed by atoms with E-state index in [0.29, 0.717) is 5.92 Å². The van der Waals surface area contributed by atoms with Gasteiger partial charge in [-0.25, -0.2) is 0 Å². The second kappa shape index (κ2) is 8.54. The Bertz CT molecular complexity index is 207. The van der Waals surface area contributed by atoms with E-state index in [1.807, 2.05) is 0 Å². The van der Waals surface area contributed by atoms with Crippen LogP contribution in [-0.2, 0) is 4.79 Å². The van der Waals surface area contributed by atoms with Crippen LogP contribution in [0.3, 0.4) is 0 Å². The Labute approximate surface area is 107 Å². The average Bonchev–Trinajstić information content (AvgIpc) is 2.33. The molecule has 0 aromatic rings. The highest BCUT2D eigenvalue weighted by molar-refractivity contribution is 5.75. The molecule has 2 nitrogen and oxygen atoms in total. The largest absolute Gasteiger partial charge is 0.356 e. The quantitative estimate of drug-likeness (QED) is 0.671. The number of unbranched alkanes of at least 4 members (excludes halogenated alkanes) is 1. The molecule has 0 radical (unpaired) electrons. The minimum atomic E-state index is 0.238. The highest BCUT2D eigenvalue weighted by Crippen LogP contribution is 2.27. The van der Waals surface area contributed by atoms with E-state index in [9.17, 15) is 4.79 Å². The zero-order valence-corrected chi connectivity index (χ0v) is 11.6. The number of hydrogen-bond acceptors (Lipinski definition) is 1. The van der Waals surface area contributed by atoms with Gasteiger partial charge < -0.3 is 5.32 Å². The van der Waals surface area contributed by atoms with Crippen LogP contribution in [0, 0.1) is 11.8 Å². The van der Waals surface area contributed by atoms with Gasteiger partial charge in [0.1, 0.15) is 0 Å². The van der Waals surface area contributed by atoms with Gasteiger partial charge in [-0.05, 0) is 18.3 Å². The highest BCUT2D eigenvalue weighted by atomic mass is 16.1. The molecule has 1 rings (SSSR count). The van der Waals surface area contributed by atoms with Gasteiger partial charge in [0.25, 0.3) is 0 Å². The Balaban J connectivity index is 1.94. The summed E-state index contributed by atoms with van der Waals surface area (Å²) in [5.41, 5.74) is 0. The molecule has 0 saturated heterocycles. The maximum Gasteiger partial charge on any atom is 0.220 e. The summed E-state index contributed by atoms with van der Waals surface area (Å²) in [6.07, 6.45) is 11.5. The molecule has 0 aliphatic heterocycles. The maximum atomic E-state index is 11.5. The zero-order valence-electron chi connectivity index (χ0n) is 11.6. The van der Waals surface area contributed by atoms with Gasteiger partial charge in [-0.2, -0.15) is 0 Å². The average molecular weight is 239 g/mol. The van der Waals surface area contributed by atoms with E-state index in [-0.39, 0.29) is 5.91 Å². The Hall–Kier alpha value is -0.530. The van der Waals surface area contributed by atoms with Gasteiger partial charge in [0.05, 0.1) is 0 Å². The van der Waals surface area contributed by atoms with Crippen LogP contribution in [0.5, 0.6) is 0 Å². The lowest BCUT2D eigenvalue weighted by Crippen LogP contribution is -2.26. The van der Waals surface area contributed by atoms with Crippen molar-refractivity contribution in [2.45, 2.75) is 71.6 Å². The summed E-state index contributed by atoms with van der Waals surface area (Å²) in [7, 11) is 0. The van der Waals surface area contributed by atoms with E-state index < -0.39 is 0 Å². The molecule has 1 aliphatic carbocycles. The van der Waals surface area contributed by atoms with Crippen LogP contribution in [0.4, 0.5) is 0 Å². The lowest BCUT2D eigenvalue weighted by atomic mass is 9.85. The molecule has 17 heavy (non-hydrogen) atoms. The Morgan fingerprint density at radius 3 is 2.53 bits per heavy atom. The fourth-order valence-corrected chi connectivity index (χ4v) is 2.60. The number of rotatable bonds is 7. The minimum Gasteiger partial charge on any atom is -0.356 e. The second-order valence-electron chi connectivity index (χ2n) is 5.95. The lowest BCUT2D eigenvalue weighted by molar-refractivity contribution is -0.121. The topological polar surface area (TPSA) is 29.1 Å². The first-order valence-electron chi connectivity index (χ1n) is 7.45. The lowest BCUT2D eigenvalue weighted by Gasteiger charge is -2.21. The van der Waals surface area contributed by atoms with Gasteiger partial charge in [0, 0.05) is 13.0 Å². The third-order valence-corrected chi connectivity index (χ3v) is 3.70. The van der Waals surface area contributed by atoms with E-state index in [2.05, 4.69) is 19.2 Å². The minimum absolute atomic E-state index is 0.238.